The zero-order valence-electron chi connectivity index (χ0n) is 12.0. The van der Waals surface area contributed by atoms with Gasteiger partial charge in [0.15, 0.2) is 0 Å². The van der Waals surface area contributed by atoms with E-state index in [2.05, 4.69) is 46.9 Å². The number of hydrazine groups is 1. The SMILES string of the molecule is CCCn1nncc1C(CCCc1ccccc1)NN. The molecule has 0 bridgehead atoms. The van der Waals surface area contributed by atoms with E-state index in [1.165, 1.54) is 5.56 Å². The van der Waals surface area contributed by atoms with Crippen molar-refractivity contribution >= 4 is 0 Å². The first-order valence-corrected chi connectivity index (χ1v) is 7.23. The van der Waals surface area contributed by atoms with Crippen LogP contribution in [0, 0.1) is 0 Å². The maximum absolute atomic E-state index is 5.69. The summed E-state index contributed by atoms with van der Waals surface area (Å²) in [6, 6.07) is 10.6. The number of hydrogen-bond donors (Lipinski definition) is 2. The summed E-state index contributed by atoms with van der Waals surface area (Å²) in [5, 5.41) is 8.11. The van der Waals surface area contributed by atoms with Crippen LogP contribution in [0.25, 0.3) is 0 Å². The van der Waals surface area contributed by atoms with Crippen molar-refractivity contribution in [2.24, 2.45) is 5.84 Å². The second-order valence-corrected chi connectivity index (χ2v) is 4.98. The second kappa shape index (κ2) is 7.77. The number of hydrogen-bond acceptors (Lipinski definition) is 4. The van der Waals surface area contributed by atoms with Gasteiger partial charge in [0, 0.05) is 6.54 Å². The molecule has 5 heteroatoms. The Morgan fingerprint density at radius 3 is 2.80 bits per heavy atom. The van der Waals surface area contributed by atoms with E-state index in [1.54, 1.807) is 0 Å². The fraction of sp³-hybridized carbons (Fsp3) is 0.467. The molecule has 1 aromatic heterocycles. The molecule has 20 heavy (non-hydrogen) atoms. The molecule has 0 amide bonds. The predicted molar refractivity (Wildman–Crippen MR) is 79.8 cm³/mol. The Morgan fingerprint density at radius 1 is 1.30 bits per heavy atom. The number of nitrogens with two attached hydrogens (primary N) is 1. The van der Waals surface area contributed by atoms with Crippen molar-refractivity contribution in [1.29, 1.82) is 0 Å². The summed E-state index contributed by atoms with van der Waals surface area (Å²) in [7, 11) is 0. The highest BCUT2D eigenvalue weighted by molar-refractivity contribution is 5.14. The van der Waals surface area contributed by atoms with Crippen molar-refractivity contribution < 1.29 is 0 Å². The second-order valence-electron chi connectivity index (χ2n) is 4.98. The van der Waals surface area contributed by atoms with Crippen molar-refractivity contribution in [3.63, 3.8) is 0 Å². The fourth-order valence-corrected chi connectivity index (χ4v) is 2.39. The van der Waals surface area contributed by atoms with Crippen LogP contribution in [-0.4, -0.2) is 15.0 Å². The van der Waals surface area contributed by atoms with E-state index in [4.69, 9.17) is 5.84 Å². The summed E-state index contributed by atoms with van der Waals surface area (Å²) in [4.78, 5) is 0. The molecule has 0 saturated heterocycles. The molecular formula is C15H23N5. The summed E-state index contributed by atoms with van der Waals surface area (Å²) in [6.07, 6.45) is 5.97. The van der Waals surface area contributed by atoms with E-state index in [0.717, 1.165) is 37.9 Å². The van der Waals surface area contributed by atoms with Gasteiger partial charge in [0.2, 0.25) is 0 Å². The van der Waals surface area contributed by atoms with Gasteiger partial charge < -0.3 is 0 Å². The molecule has 0 fully saturated rings. The monoisotopic (exact) mass is 273 g/mol. The van der Waals surface area contributed by atoms with Crippen LogP contribution in [0.3, 0.4) is 0 Å². The number of rotatable bonds is 8. The van der Waals surface area contributed by atoms with E-state index in [9.17, 15) is 0 Å². The Morgan fingerprint density at radius 2 is 2.10 bits per heavy atom. The number of aromatic nitrogens is 3. The largest absolute Gasteiger partial charge is 0.271 e. The molecule has 0 aliphatic carbocycles. The molecule has 2 aromatic rings. The third-order valence-corrected chi connectivity index (χ3v) is 3.44. The van der Waals surface area contributed by atoms with Crippen LogP contribution >= 0.6 is 0 Å². The standard InChI is InChI=1S/C15H23N5/c1-2-11-20-15(12-17-19-20)14(18-16)10-6-9-13-7-4-3-5-8-13/h3-5,7-8,12,14,18H,2,6,9-11,16H2,1H3. The molecule has 0 aliphatic rings. The molecule has 1 atom stereocenters. The molecule has 0 saturated carbocycles. The Bertz CT molecular complexity index is 494. The van der Waals surface area contributed by atoms with Crippen LogP contribution in [0.15, 0.2) is 36.5 Å². The van der Waals surface area contributed by atoms with Gasteiger partial charge in [-0.05, 0) is 31.2 Å². The van der Waals surface area contributed by atoms with E-state index in [0.29, 0.717) is 0 Å². The van der Waals surface area contributed by atoms with E-state index in [1.807, 2.05) is 16.9 Å². The average molecular weight is 273 g/mol. The predicted octanol–water partition coefficient (Wildman–Crippen LogP) is 2.22. The van der Waals surface area contributed by atoms with Gasteiger partial charge in [0.25, 0.3) is 0 Å². The quantitative estimate of drug-likeness (QED) is 0.571. The lowest BCUT2D eigenvalue weighted by atomic mass is 10.0. The molecule has 0 spiro atoms. The van der Waals surface area contributed by atoms with Gasteiger partial charge >= 0.3 is 0 Å². The third kappa shape index (κ3) is 3.88. The lowest BCUT2D eigenvalue weighted by molar-refractivity contribution is 0.445. The molecule has 3 N–H and O–H groups in total. The van der Waals surface area contributed by atoms with Gasteiger partial charge in [-0.1, -0.05) is 42.5 Å². The first-order chi connectivity index (χ1) is 9.85. The maximum atomic E-state index is 5.69. The van der Waals surface area contributed by atoms with Crippen molar-refractivity contribution in [2.75, 3.05) is 0 Å². The first-order valence-electron chi connectivity index (χ1n) is 7.23. The summed E-state index contributed by atoms with van der Waals surface area (Å²) < 4.78 is 1.94. The van der Waals surface area contributed by atoms with Crippen LogP contribution in [0.4, 0.5) is 0 Å². The van der Waals surface area contributed by atoms with Gasteiger partial charge in [-0.2, -0.15) is 0 Å². The van der Waals surface area contributed by atoms with Crippen LogP contribution < -0.4 is 11.3 Å². The highest BCUT2D eigenvalue weighted by atomic mass is 15.4. The third-order valence-electron chi connectivity index (χ3n) is 3.44. The number of nitrogens with zero attached hydrogens (tertiary/aromatic N) is 3. The van der Waals surface area contributed by atoms with Gasteiger partial charge in [0.1, 0.15) is 0 Å². The molecule has 5 nitrogen and oxygen atoms in total. The highest BCUT2D eigenvalue weighted by Crippen LogP contribution is 2.18. The topological polar surface area (TPSA) is 68.8 Å². The maximum Gasteiger partial charge on any atom is 0.0770 e. The molecule has 2 rings (SSSR count). The van der Waals surface area contributed by atoms with Crippen LogP contribution in [0.2, 0.25) is 0 Å². The Labute approximate surface area is 120 Å². The molecule has 1 unspecified atom stereocenters. The van der Waals surface area contributed by atoms with Crippen molar-refractivity contribution in [1.82, 2.24) is 20.4 Å². The van der Waals surface area contributed by atoms with Crippen molar-refractivity contribution in [3.8, 4) is 0 Å². The number of nitrogens with one attached hydrogen (secondary N) is 1. The summed E-state index contributed by atoms with van der Waals surface area (Å²) in [6.45, 7) is 3.01. The lowest BCUT2D eigenvalue weighted by Gasteiger charge is -2.16. The van der Waals surface area contributed by atoms with E-state index in [-0.39, 0.29) is 6.04 Å². The number of benzene rings is 1. The minimum atomic E-state index is 0.111. The van der Waals surface area contributed by atoms with Crippen molar-refractivity contribution in [3.05, 3.63) is 47.8 Å². The van der Waals surface area contributed by atoms with Gasteiger partial charge in [0.05, 0.1) is 17.9 Å². The normalized spacial score (nSPS) is 12.5. The molecule has 1 aromatic carbocycles. The zero-order valence-corrected chi connectivity index (χ0v) is 12.0. The summed E-state index contributed by atoms with van der Waals surface area (Å²) >= 11 is 0. The van der Waals surface area contributed by atoms with E-state index < -0.39 is 0 Å². The summed E-state index contributed by atoms with van der Waals surface area (Å²) in [5.74, 6) is 5.69. The van der Waals surface area contributed by atoms with Crippen LogP contribution in [0.1, 0.15) is 43.5 Å². The Balaban J connectivity index is 1.90. The molecule has 1 heterocycles. The summed E-state index contributed by atoms with van der Waals surface area (Å²) in [5.41, 5.74) is 5.32. The Hall–Kier alpha value is -1.72. The zero-order chi connectivity index (χ0) is 14.2. The smallest absolute Gasteiger partial charge is 0.0770 e. The van der Waals surface area contributed by atoms with Gasteiger partial charge in [-0.15, -0.1) is 5.10 Å². The minimum absolute atomic E-state index is 0.111. The number of aryl methyl sites for hydroxylation is 2. The van der Waals surface area contributed by atoms with Crippen molar-refractivity contribution in [2.45, 2.75) is 45.2 Å². The average Bonchev–Trinajstić information content (AvgIpc) is 2.93. The van der Waals surface area contributed by atoms with Crippen LogP contribution in [0.5, 0.6) is 0 Å². The Kier molecular flexibility index (Phi) is 5.70. The fourth-order valence-electron chi connectivity index (χ4n) is 2.39. The minimum Gasteiger partial charge on any atom is -0.271 e. The molecule has 0 radical (unpaired) electrons. The van der Waals surface area contributed by atoms with Gasteiger partial charge in [-0.3, -0.25) is 11.3 Å². The van der Waals surface area contributed by atoms with Crippen LogP contribution in [-0.2, 0) is 13.0 Å². The first kappa shape index (κ1) is 14.7. The van der Waals surface area contributed by atoms with Gasteiger partial charge in [-0.25, -0.2) is 4.68 Å². The molecule has 108 valence electrons. The molecule has 0 aliphatic heterocycles. The lowest BCUT2D eigenvalue weighted by Crippen LogP contribution is -2.30. The molecular weight excluding hydrogens is 250 g/mol. The highest BCUT2D eigenvalue weighted by Gasteiger charge is 2.15. The van der Waals surface area contributed by atoms with E-state index >= 15 is 0 Å².